The monoisotopic (exact) mass is 385 g/mol. The molecule has 2 amide bonds. The molecule has 2 aliphatic heterocycles. The molecule has 1 aliphatic carbocycles. The van der Waals surface area contributed by atoms with Crippen molar-refractivity contribution in [3.05, 3.63) is 32.7 Å². The molecule has 1 aromatic rings. The van der Waals surface area contributed by atoms with Crippen molar-refractivity contribution in [3.8, 4) is 0 Å². The summed E-state index contributed by atoms with van der Waals surface area (Å²) in [5.74, 6) is 0.783. The smallest absolute Gasteiger partial charge is 0.261 e. The van der Waals surface area contributed by atoms with Gasteiger partial charge in [-0.3, -0.25) is 14.4 Å². The summed E-state index contributed by atoms with van der Waals surface area (Å²) in [4.78, 5) is 44.9. The number of pyridine rings is 1. The molecule has 1 N–H and O–H groups in total. The van der Waals surface area contributed by atoms with Gasteiger partial charge in [0.05, 0.1) is 0 Å². The van der Waals surface area contributed by atoms with Gasteiger partial charge in [-0.25, -0.2) is 0 Å². The van der Waals surface area contributed by atoms with Crippen LogP contribution in [0.5, 0.6) is 0 Å². The number of nitrogens with zero attached hydrogens (tertiary/aromatic N) is 2. The summed E-state index contributed by atoms with van der Waals surface area (Å²) in [6.45, 7) is 8.63. The second-order valence-electron chi connectivity index (χ2n) is 9.25. The molecule has 0 bridgehead atoms. The van der Waals surface area contributed by atoms with Crippen molar-refractivity contribution in [2.45, 2.75) is 59.3 Å². The Bertz CT molecular complexity index is 871. The summed E-state index contributed by atoms with van der Waals surface area (Å²) in [5.41, 5.74) is 2.53. The number of aromatic nitrogens is 1. The fourth-order valence-electron chi connectivity index (χ4n) is 4.98. The van der Waals surface area contributed by atoms with Gasteiger partial charge >= 0.3 is 0 Å². The van der Waals surface area contributed by atoms with Gasteiger partial charge in [0.25, 0.3) is 11.5 Å². The molecule has 1 saturated carbocycles. The SMILES string of the molecule is Cc1[nH]c(=O)c(C(=O)N2CCCC3(CCC(=O)N(CC4CC4)C3)C2)c(C)c1C. The third-order valence-electron chi connectivity index (χ3n) is 7.11. The third-order valence-corrected chi connectivity index (χ3v) is 7.11. The Morgan fingerprint density at radius 1 is 1.11 bits per heavy atom. The van der Waals surface area contributed by atoms with Crippen LogP contribution in [0, 0.1) is 32.1 Å². The van der Waals surface area contributed by atoms with Crippen LogP contribution in [0.4, 0.5) is 0 Å². The maximum absolute atomic E-state index is 13.3. The summed E-state index contributed by atoms with van der Waals surface area (Å²) in [6, 6.07) is 0. The van der Waals surface area contributed by atoms with Crippen LogP contribution in [0.3, 0.4) is 0 Å². The highest BCUT2D eigenvalue weighted by atomic mass is 16.2. The number of hydrogen-bond acceptors (Lipinski definition) is 3. The number of nitrogens with one attached hydrogen (secondary N) is 1. The lowest BCUT2D eigenvalue weighted by Crippen LogP contribution is -2.55. The van der Waals surface area contributed by atoms with Crippen LogP contribution in [0.1, 0.15) is 65.7 Å². The molecule has 0 radical (unpaired) electrons. The highest BCUT2D eigenvalue weighted by Gasteiger charge is 2.44. The van der Waals surface area contributed by atoms with Gasteiger partial charge in [0, 0.05) is 43.7 Å². The molecule has 28 heavy (non-hydrogen) atoms. The third kappa shape index (κ3) is 3.49. The number of amides is 2. The van der Waals surface area contributed by atoms with E-state index in [0.717, 1.165) is 49.2 Å². The van der Waals surface area contributed by atoms with Crippen molar-refractivity contribution >= 4 is 11.8 Å². The van der Waals surface area contributed by atoms with E-state index in [2.05, 4.69) is 4.98 Å². The highest BCUT2D eigenvalue weighted by molar-refractivity contribution is 5.95. The van der Waals surface area contributed by atoms with Gasteiger partial charge in [0.15, 0.2) is 0 Å². The number of hydrogen-bond donors (Lipinski definition) is 1. The predicted octanol–water partition coefficient (Wildman–Crippen LogP) is 2.55. The van der Waals surface area contributed by atoms with Crippen molar-refractivity contribution in [1.82, 2.24) is 14.8 Å². The first-order chi connectivity index (χ1) is 13.3. The van der Waals surface area contributed by atoms with Crippen LogP contribution in [0.25, 0.3) is 0 Å². The van der Waals surface area contributed by atoms with Crippen molar-refractivity contribution in [1.29, 1.82) is 0 Å². The fraction of sp³-hybridized carbons (Fsp3) is 0.682. The largest absolute Gasteiger partial charge is 0.342 e. The quantitative estimate of drug-likeness (QED) is 0.869. The first kappa shape index (κ1) is 19.2. The van der Waals surface area contributed by atoms with E-state index in [0.29, 0.717) is 25.4 Å². The molecular formula is C22H31N3O3. The minimum atomic E-state index is -0.292. The maximum Gasteiger partial charge on any atom is 0.261 e. The van der Waals surface area contributed by atoms with Crippen LogP contribution in [-0.2, 0) is 4.79 Å². The van der Waals surface area contributed by atoms with E-state index in [-0.39, 0.29) is 28.4 Å². The highest BCUT2D eigenvalue weighted by Crippen LogP contribution is 2.41. The van der Waals surface area contributed by atoms with E-state index in [4.69, 9.17) is 0 Å². The summed E-state index contributed by atoms with van der Waals surface area (Å²) in [6.07, 6.45) is 5.87. The van der Waals surface area contributed by atoms with Crippen LogP contribution in [-0.4, -0.2) is 52.8 Å². The molecule has 3 heterocycles. The lowest BCUT2D eigenvalue weighted by Gasteiger charge is -2.48. The lowest BCUT2D eigenvalue weighted by atomic mass is 9.73. The Morgan fingerprint density at radius 2 is 1.86 bits per heavy atom. The fourth-order valence-corrected chi connectivity index (χ4v) is 4.98. The molecule has 2 saturated heterocycles. The molecule has 3 fully saturated rings. The van der Waals surface area contributed by atoms with Crippen molar-refractivity contribution in [2.24, 2.45) is 11.3 Å². The molecule has 1 unspecified atom stereocenters. The molecule has 1 aromatic heterocycles. The zero-order valence-electron chi connectivity index (χ0n) is 17.3. The van der Waals surface area contributed by atoms with Gasteiger partial charge in [-0.2, -0.15) is 0 Å². The Balaban J connectivity index is 1.55. The Morgan fingerprint density at radius 3 is 2.57 bits per heavy atom. The number of likely N-dealkylation sites (tertiary alicyclic amines) is 2. The molecule has 1 atom stereocenters. The standard InChI is InChI=1S/C22H31N3O3/c1-14-15(2)19(20(27)23-16(14)3)21(28)24-10-4-8-22(12-24)9-7-18(26)25(13-22)11-17-5-6-17/h17H,4-13H2,1-3H3,(H,23,27). The Kier molecular flexibility index (Phi) is 4.84. The molecular weight excluding hydrogens is 354 g/mol. The van der Waals surface area contributed by atoms with Crippen LogP contribution >= 0.6 is 0 Å². The number of carbonyl (C=O) groups is 2. The van der Waals surface area contributed by atoms with E-state index in [1.54, 1.807) is 0 Å². The van der Waals surface area contributed by atoms with Gasteiger partial charge in [-0.15, -0.1) is 0 Å². The average molecular weight is 386 g/mol. The molecule has 152 valence electrons. The number of piperidine rings is 2. The zero-order chi connectivity index (χ0) is 20.1. The summed E-state index contributed by atoms with van der Waals surface area (Å²) >= 11 is 0. The summed E-state index contributed by atoms with van der Waals surface area (Å²) in [5, 5.41) is 0. The summed E-state index contributed by atoms with van der Waals surface area (Å²) in [7, 11) is 0. The average Bonchev–Trinajstić information content (AvgIpc) is 3.47. The Labute approximate surface area is 166 Å². The van der Waals surface area contributed by atoms with E-state index in [1.807, 2.05) is 30.6 Å². The van der Waals surface area contributed by atoms with Gasteiger partial charge in [-0.1, -0.05) is 0 Å². The topological polar surface area (TPSA) is 73.5 Å². The second-order valence-corrected chi connectivity index (χ2v) is 9.25. The number of aryl methyl sites for hydroxylation is 1. The van der Waals surface area contributed by atoms with E-state index >= 15 is 0 Å². The first-order valence-corrected chi connectivity index (χ1v) is 10.6. The molecule has 6 nitrogen and oxygen atoms in total. The number of H-pyrrole nitrogens is 1. The minimum Gasteiger partial charge on any atom is -0.342 e. The summed E-state index contributed by atoms with van der Waals surface area (Å²) < 4.78 is 0. The minimum absolute atomic E-state index is 0.0167. The van der Waals surface area contributed by atoms with Gasteiger partial charge in [0.2, 0.25) is 5.91 Å². The molecule has 6 heteroatoms. The predicted molar refractivity (Wildman–Crippen MR) is 107 cm³/mol. The van der Waals surface area contributed by atoms with Crippen molar-refractivity contribution in [3.63, 3.8) is 0 Å². The molecule has 3 aliphatic rings. The van der Waals surface area contributed by atoms with Crippen molar-refractivity contribution in [2.75, 3.05) is 26.2 Å². The number of rotatable bonds is 3. The van der Waals surface area contributed by atoms with Crippen LogP contribution < -0.4 is 5.56 Å². The second kappa shape index (κ2) is 7.05. The molecule has 4 rings (SSSR count). The van der Waals surface area contributed by atoms with E-state index in [9.17, 15) is 14.4 Å². The van der Waals surface area contributed by atoms with E-state index < -0.39 is 0 Å². The van der Waals surface area contributed by atoms with Crippen LogP contribution in [0.2, 0.25) is 0 Å². The van der Waals surface area contributed by atoms with Gasteiger partial charge in [-0.05, 0) is 69.9 Å². The lowest BCUT2D eigenvalue weighted by molar-refractivity contribution is -0.139. The van der Waals surface area contributed by atoms with Gasteiger partial charge < -0.3 is 14.8 Å². The van der Waals surface area contributed by atoms with Crippen LogP contribution in [0.15, 0.2) is 4.79 Å². The zero-order valence-corrected chi connectivity index (χ0v) is 17.3. The Hall–Kier alpha value is -2.11. The van der Waals surface area contributed by atoms with Crippen molar-refractivity contribution < 1.29 is 9.59 Å². The number of carbonyl (C=O) groups excluding carboxylic acids is 2. The van der Waals surface area contributed by atoms with Gasteiger partial charge in [0.1, 0.15) is 5.56 Å². The maximum atomic E-state index is 13.3. The molecule has 1 spiro atoms. The first-order valence-electron chi connectivity index (χ1n) is 10.6. The van der Waals surface area contributed by atoms with E-state index in [1.165, 1.54) is 12.8 Å². The number of aromatic amines is 1. The normalized spacial score (nSPS) is 25.5. The molecule has 0 aromatic carbocycles.